The Labute approximate surface area is 184 Å². The fourth-order valence-electron chi connectivity index (χ4n) is 3.05. The summed E-state index contributed by atoms with van der Waals surface area (Å²) in [6, 6.07) is 9.26. The van der Waals surface area contributed by atoms with Gasteiger partial charge in [0.05, 0.1) is 17.6 Å². The number of carbonyl (C=O) groups excluding carboxylic acids is 1. The second-order valence-corrected chi connectivity index (χ2v) is 8.50. The molecule has 0 radical (unpaired) electrons. The lowest BCUT2D eigenvalue weighted by Crippen LogP contribution is -2.34. The zero-order valence-electron chi connectivity index (χ0n) is 17.8. The van der Waals surface area contributed by atoms with E-state index in [2.05, 4.69) is 10.3 Å². The molecule has 0 saturated carbocycles. The molecule has 31 heavy (non-hydrogen) atoms. The van der Waals surface area contributed by atoms with Crippen LogP contribution in [0.4, 0.5) is 9.18 Å². The van der Waals surface area contributed by atoms with Crippen molar-refractivity contribution in [1.29, 1.82) is 0 Å². The predicted molar refractivity (Wildman–Crippen MR) is 119 cm³/mol. The maximum Gasteiger partial charge on any atom is 0.407 e. The van der Waals surface area contributed by atoms with Crippen molar-refractivity contribution in [1.82, 2.24) is 10.3 Å². The van der Waals surface area contributed by atoms with Gasteiger partial charge in [0.15, 0.2) is 5.75 Å². The lowest BCUT2D eigenvalue weighted by atomic mass is 10.0. The van der Waals surface area contributed by atoms with Crippen LogP contribution in [0.1, 0.15) is 26.3 Å². The number of ether oxygens (including phenoxy) is 2. The molecule has 6 nitrogen and oxygen atoms in total. The zero-order valence-corrected chi connectivity index (χ0v) is 18.5. The molecule has 0 unspecified atom stereocenters. The second kappa shape index (κ2) is 8.98. The second-order valence-electron chi connectivity index (χ2n) is 8.09. The summed E-state index contributed by atoms with van der Waals surface area (Å²) in [5.41, 5.74) is 0.929. The van der Waals surface area contributed by atoms with E-state index in [1.807, 2.05) is 13.0 Å². The summed E-state index contributed by atoms with van der Waals surface area (Å²) >= 11 is 6.13. The number of hydrogen-bond acceptors (Lipinski definition) is 4. The van der Waals surface area contributed by atoms with E-state index in [4.69, 9.17) is 21.1 Å². The van der Waals surface area contributed by atoms with Crippen LogP contribution in [0.25, 0.3) is 22.0 Å². The van der Waals surface area contributed by atoms with Crippen LogP contribution in [-0.2, 0) is 4.74 Å². The molecule has 3 aromatic rings. The maximum absolute atomic E-state index is 13.7. The van der Waals surface area contributed by atoms with Gasteiger partial charge in [0.1, 0.15) is 18.0 Å². The Morgan fingerprint density at radius 1 is 1.16 bits per heavy atom. The third-order valence-corrected chi connectivity index (χ3v) is 4.82. The fraction of sp³-hybridized carbons (Fsp3) is 0.304. The standard InChI is InChI=1S/C23H24ClFN2O4/c1-13-11-14(5-8-18(13)24)19-20(30-10-9-26-22(29)31-23(2,3)4)16-7-6-15(25)12-17(16)21(28)27-19/h5-8,11-12H,9-10H2,1-4H3,(H,26,29)(H,27,28). The summed E-state index contributed by atoms with van der Waals surface area (Å²) in [6.45, 7) is 7.46. The van der Waals surface area contributed by atoms with Crippen molar-refractivity contribution in [2.24, 2.45) is 0 Å². The van der Waals surface area contributed by atoms with Gasteiger partial charge < -0.3 is 19.8 Å². The first-order valence-electron chi connectivity index (χ1n) is 9.77. The Balaban J connectivity index is 1.94. The van der Waals surface area contributed by atoms with Crippen molar-refractivity contribution in [2.75, 3.05) is 13.2 Å². The number of fused-ring (bicyclic) bond motifs is 1. The number of aromatic nitrogens is 1. The topological polar surface area (TPSA) is 80.4 Å². The number of amides is 1. The van der Waals surface area contributed by atoms with Gasteiger partial charge in [-0.1, -0.05) is 17.7 Å². The van der Waals surface area contributed by atoms with E-state index in [0.717, 1.165) is 11.6 Å². The SMILES string of the molecule is Cc1cc(-c2[nH]c(=O)c3cc(F)ccc3c2OCCNC(=O)OC(C)(C)C)ccc1Cl. The van der Waals surface area contributed by atoms with E-state index < -0.39 is 23.1 Å². The summed E-state index contributed by atoms with van der Waals surface area (Å²) in [5.74, 6) is -0.145. The van der Waals surface area contributed by atoms with Gasteiger partial charge in [-0.25, -0.2) is 9.18 Å². The molecule has 3 rings (SSSR count). The minimum atomic E-state index is -0.607. The van der Waals surface area contributed by atoms with E-state index in [-0.39, 0.29) is 18.5 Å². The molecule has 0 aliphatic rings. The van der Waals surface area contributed by atoms with Crippen molar-refractivity contribution >= 4 is 28.5 Å². The number of H-pyrrole nitrogens is 1. The van der Waals surface area contributed by atoms with Crippen LogP contribution in [0, 0.1) is 12.7 Å². The van der Waals surface area contributed by atoms with E-state index in [1.165, 1.54) is 12.1 Å². The highest BCUT2D eigenvalue weighted by atomic mass is 35.5. The Bertz CT molecular complexity index is 1180. The van der Waals surface area contributed by atoms with Gasteiger partial charge >= 0.3 is 6.09 Å². The molecule has 1 aromatic heterocycles. The molecule has 0 spiro atoms. The Kier molecular flexibility index (Phi) is 6.55. The van der Waals surface area contributed by atoms with Crippen molar-refractivity contribution in [3.63, 3.8) is 0 Å². The van der Waals surface area contributed by atoms with Gasteiger partial charge in [0, 0.05) is 16.0 Å². The largest absolute Gasteiger partial charge is 0.489 e. The molecule has 1 amide bonds. The lowest BCUT2D eigenvalue weighted by Gasteiger charge is -2.20. The molecule has 164 valence electrons. The highest BCUT2D eigenvalue weighted by Crippen LogP contribution is 2.35. The van der Waals surface area contributed by atoms with Crippen LogP contribution < -0.4 is 15.6 Å². The summed E-state index contributed by atoms with van der Waals surface area (Å²) in [6.07, 6.45) is -0.557. The van der Waals surface area contributed by atoms with Gasteiger partial charge in [-0.05, 0) is 63.6 Å². The monoisotopic (exact) mass is 446 g/mol. The van der Waals surface area contributed by atoms with E-state index in [1.54, 1.807) is 32.9 Å². The highest BCUT2D eigenvalue weighted by molar-refractivity contribution is 6.31. The summed E-state index contributed by atoms with van der Waals surface area (Å²) < 4.78 is 24.9. The highest BCUT2D eigenvalue weighted by Gasteiger charge is 2.18. The number of nitrogens with one attached hydrogen (secondary N) is 2. The molecule has 2 N–H and O–H groups in total. The molecule has 1 heterocycles. The molecule has 2 aromatic carbocycles. The molecule has 0 fully saturated rings. The van der Waals surface area contributed by atoms with Crippen molar-refractivity contribution in [2.45, 2.75) is 33.3 Å². The minimum Gasteiger partial charge on any atom is -0.489 e. The van der Waals surface area contributed by atoms with Crippen LogP contribution in [-0.4, -0.2) is 29.8 Å². The first-order valence-corrected chi connectivity index (χ1v) is 10.1. The number of benzene rings is 2. The third kappa shape index (κ3) is 5.55. The van der Waals surface area contributed by atoms with Crippen LogP contribution in [0.2, 0.25) is 5.02 Å². The van der Waals surface area contributed by atoms with E-state index in [9.17, 15) is 14.0 Å². The van der Waals surface area contributed by atoms with Crippen LogP contribution in [0.3, 0.4) is 0 Å². The molecule has 8 heteroatoms. The molecule has 0 aliphatic carbocycles. The first kappa shape index (κ1) is 22.6. The normalized spacial score (nSPS) is 11.4. The number of pyridine rings is 1. The fourth-order valence-corrected chi connectivity index (χ4v) is 3.17. The molecular formula is C23H24ClFN2O4. The Hall–Kier alpha value is -3.06. The average Bonchev–Trinajstić information content (AvgIpc) is 2.67. The zero-order chi connectivity index (χ0) is 22.8. The summed E-state index contributed by atoms with van der Waals surface area (Å²) in [5, 5.41) is 3.85. The van der Waals surface area contributed by atoms with Crippen molar-refractivity contribution in [3.8, 4) is 17.0 Å². The number of carbonyl (C=O) groups is 1. The van der Waals surface area contributed by atoms with Gasteiger partial charge in [-0.15, -0.1) is 0 Å². The molecule has 0 bridgehead atoms. The van der Waals surface area contributed by atoms with E-state index in [0.29, 0.717) is 27.4 Å². The molecule has 0 aliphatic heterocycles. The van der Waals surface area contributed by atoms with Crippen LogP contribution in [0.15, 0.2) is 41.2 Å². The number of rotatable bonds is 5. The summed E-state index contributed by atoms with van der Waals surface area (Å²) in [4.78, 5) is 27.2. The van der Waals surface area contributed by atoms with Crippen LogP contribution >= 0.6 is 11.6 Å². The molecular weight excluding hydrogens is 423 g/mol. The maximum atomic E-state index is 13.7. The average molecular weight is 447 g/mol. The van der Waals surface area contributed by atoms with Gasteiger partial charge in [0.2, 0.25) is 0 Å². The Morgan fingerprint density at radius 3 is 2.58 bits per heavy atom. The molecule has 0 atom stereocenters. The van der Waals surface area contributed by atoms with Gasteiger partial charge in [-0.2, -0.15) is 0 Å². The Morgan fingerprint density at radius 2 is 1.90 bits per heavy atom. The van der Waals surface area contributed by atoms with E-state index >= 15 is 0 Å². The smallest absolute Gasteiger partial charge is 0.407 e. The first-order chi connectivity index (χ1) is 14.5. The number of alkyl carbamates (subject to hydrolysis) is 1. The minimum absolute atomic E-state index is 0.108. The number of aryl methyl sites for hydroxylation is 1. The number of hydrogen-bond donors (Lipinski definition) is 2. The van der Waals surface area contributed by atoms with Crippen molar-refractivity contribution < 1.29 is 18.7 Å². The predicted octanol–water partition coefficient (Wildman–Crippen LogP) is 5.20. The van der Waals surface area contributed by atoms with Crippen molar-refractivity contribution in [3.05, 3.63) is 63.2 Å². The number of halogens is 2. The third-order valence-electron chi connectivity index (χ3n) is 4.40. The lowest BCUT2D eigenvalue weighted by molar-refractivity contribution is 0.0520. The van der Waals surface area contributed by atoms with Gasteiger partial charge in [-0.3, -0.25) is 4.79 Å². The van der Waals surface area contributed by atoms with Gasteiger partial charge in [0.25, 0.3) is 5.56 Å². The number of aromatic amines is 1. The molecule has 0 saturated heterocycles. The van der Waals surface area contributed by atoms with Crippen LogP contribution in [0.5, 0.6) is 5.75 Å². The summed E-state index contributed by atoms with van der Waals surface area (Å²) in [7, 11) is 0. The quantitative estimate of drug-likeness (QED) is 0.528.